The van der Waals surface area contributed by atoms with E-state index in [0.29, 0.717) is 51.7 Å². The van der Waals surface area contributed by atoms with Crippen molar-refractivity contribution in [3.63, 3.8) is 0 Å². The largest absolute Gasteiger partial charge is 0.481 e. The number of para-hydroxylation sites is 4. The van der Waals surface area contributed by atoms with Crippen molar-refractivity contribution in [2.75, 3.05) is 50.3 Å². The van der Waals surface area contributed by atoms with Gasteiger partial charge in [0.05, 0.1) is 35.7 Å². The van der Waals surface area contributed by atoms with Crippen LogP contribution in [0.4, 0.5) is 40.6 Å². The van der Waals surface area contributed by atoms with Gasteiger partial charge in [-0.05, 0) is 64.3 Å². The fraction of sp³-hybridized carbons (Fsp3) is 0.320. The lowest BCUT2D eigenvalue weighted by atomic mass is 10.1. The molecule has 0 saturated carbocycles. The molecule has 7 rings (SSSR count). The van der Waals surface area contributed by atoms with Crippen LogP contribution in [0.15, 0.2) is 62.9 Å². The molecule has 5 heterocycles. The number of hydrogen-bond donors (Lipinski definition) is 10. The summed E-state index contributed by atoms with van der Waals surface area (Å²) in [6.45, 7) is 11.3. The van der Waals surface area contributed by atoms with Gasteiger partial charge >= 0.3 is 29.8 Å². The maximum Gasteiger partial charge on any atom is 0.313 e. The summed E-state index contributed by atoms with van der Waals surface area (Å²) in [6, 6.07) is 14.7. The van der Waals surface area contributed by atoms with Gasteiger partial charge in [0.15, 0.2) is 0 Å². The minimum atomic E-state index is -0.944. The number of aliphatic carboxylic acids is 1. The summed E-state index contributed by atoms with van der Waals surface area (Å²) in [7, 11) is 0. The number of carboxylic acids is 1. The van der Waals surface area contributed by atoms with Gasteiger partial charge in [-0.1, -0.05) is 24.3 Å². The summed E-state index contributed by atoms with van der Waals surface area (Å²) in [4.78, 5) is 165. The Labute approximate surface area is 448 Å². The van der Waals surface area contributed by atoms with Gasteiger partial charge in [-0.2, -0.15) is 0 Å². The number of nitrogens with zero attached hydrogens (tertiary/aromatic N) is 4. The lowest BCUT2D eigenvalue weighted by Gasteiger charge is -2.29. The van der Waals surface area contributed by atoms with Gasteiger partial charge in [0, 0.05) is 81.2 Å². The highest BCUT2D eigenvalue weighted by Gasteiger charge is 2.27. The Bertz CT molecular complexity index is 3300. The van der Waals surface area contributed by atoms with E-state index in [-0.39, 0.29) is 98.0 Å². The Hall–Kier alpha value is -10.2. The molecule has 0 spiro atoms. The van der Waals surface area contributed by atoms with Crippen LogP contribution in [0.1, 0.15) is 87.7 Å². The number of rotatable bonds is 11. The third kappa shape index (κ3) is 21.9. The predicted octanol–water partition coefficient (Wildman–Crippen LogP) is 1.84. The predicted molar refractivity (Wildman–Crippen MR) is 285 cm³/mol. The van der Waals surface area contributed by atoms with Crippen molar-refractivity contribution in [2.45, 2.75) is 93.9 Å². The number of aromatic amines is 3. The monoisotopic (exact) mass is 1100 g/mol. The number of nitrogens with one attached hydrogen (secondary N) is 8. The number of ether oxygens (including phenoxy) is 2. The summed E-state index contributed by atoms with van der Waals surface area (Å²) >= 11 is 0. The first-order chi connectivity index (χ1) is 37.1. The van der Waals surface area contributed by atoms with Crippen molar-refractivity contribution >= 4 is 100.0 Å². The molecule has 2 aromatic carbocycles. The zero-order chi connectivity index (χ0) is 59.1. The van der Waals surface area contributed by atoms with Crippen LogP contribution >= 0.6 is 0 Å². The van der Waals surface area contributed by atoms with Gasteiger partial charge in [-0.3, -0.25) is 87.9 Å². The molecule has 79 heavy (non-hydrogen) atoms. The highest BCUT2D eigenvalue weighted by Crippen LogP contribution is 2.29. The summed E-state index contributed by atoms with van der Waals surface area (Å²) in [5, 5.41) is 21.7. The fourth-order valence-electron chi connectivity index (χ4n) is 7.00. The number of nitrogens with two attached hydrogens (primary N) is 1. The quantitative estimate of drug-likeness (QED) is 0.0666. The van der Waals surface area contributed by atoms with E-state index in [1.807, 2.05) is 24.3 Å². The molecular formula is C50H59N13O16. The lowest BCUT2D eigenvalue weighted by Crippen LogP contribution is -2.42. The number of fused-ring (bicyclic) bond motifs is 2. The molecule has 0 radical (unpaired) electrons. The molecule has 5 aromatic rings. The Kier molecular flexibility index (Phi) is 24.2. The van der Waals surface area contributed by atoms with Crippen LogP contribution < -0.4 is 53.9 Å². The number of carbonyl (C=O) groups is 10. The number of esters is 4. The Morgan fingerprint density at radius 3 is 1.49 bits per heavy atom. The smallest absolute Gasteiger partial charge is 0.313 e. The van der Waals surface area contributed by atoms with E-state index in [4.69, 9.17) is 10.8 Å². The molecule has 420 valence electrons. The zero-order valence-electron chi connectivity index (χ0n) is 44.2. The van der Waals surface area contributed by atoms with Gasteiger partial charge in [-0.25, -0.2) is 15.0 Å². The van der Waals surface area contributed by atoms with Gasteiger partial charge in [0.1, 0.15) is 6.54 Å². The first-order valence-corrected chi connectivity index (χ1v) is 23.7. The Morgan fingerprint density at radius 1 is 0.582 bits per heavy atom. The molecule has 0 atom stereocenters. The highest BCUT2D eigenvalue weighted by atomic mass is 16.6. The van der Waals surface area contributed by atoms with Crippen molar-refractivity contribution in [3.05, 3.63) is 113 Å². The number of carbonyl (C=O) groups excluding carboxylic acids is 9. The van der Waals surface area contributed by atoms with Crippen LogP contribution in [-0.2, 0) is 76.7 Å². The van der Waals surface area contributed by atoms with E-state index < -0.39 is 41.0 Å². The van der Waals surface area contributed by atoms with Crippen molar-refractivity contribution in [1.29, 1.82) is 0 Å². The number of amides is 5. The normalized spacial score (nSPS) is 11.5. The average Bonchev–Trinajstić information content (AvgIpc) is 3.33. The van der Waals surface area contributed by atoms with Crippen molar-refractivity contribution in [2.24, 2.45) is 0 Å². The van der Waals surface area contributed by atoms with Gasteiger partial charge in [0.2, 0.25) is 47.4 Å². The van der Waals surface area contributed by atoms with Gasteiger partial charge in [-0.15, -0.1) is 0 Å². The molecule has 0 bridgehead atoms. The molecule has 29 nitrogen and oxygen atoms in total. The third-order valence-corrected chi connectivity index (χ3v) is 10.3. The molecule has 2 aliphatic rings. The molecule has 29 heteroatoms. The van der Waals surface area contributed by atoms with E-state index in [1.54, 1.807) is 45.0 Å². The summed E-state index contributed by atoms with van der Waals surface area (Å²) in [5.74, 6) is -4.51. The standard InChI is InChI=1S/C18H19N5O4.C12H15N3O5.C8H11N3O3.C8H8N2O.C4H6O3/c1-10-12(17(27)22-18(19-10)20-11(2)24)7-8-16(26)23-9-15(25)21-13-5-3-4-6-14(13)23;1-6-9(4-5-10(18)20-8(3)17)11(19)15-12(13-6)14-7(2)16;1-4-5(2-3-6(12)13)7(14)11-8(9)10-4;11-8-5-9-6-3-1-2-4-7(6)10-8;1-3(5)7-4(2)6/h3-6H,7-9H2,1-2H3,(H,21,25)(H2,19,20,22,24,27);4-5H2,1-3H3,(H2,13,14,15,16,19);2-3H2,1H3,(H,12,13)(H3,9,10,11,14);1-4,9H,5H2,(H,10,11);1-2H3. The van der Waals surface area contributed by atoms with E-state index in [9.17, 15) is 62.3 Å². The van der Waals surface area contributed by atoms with Crippen LogP contribution in [0.5, 0.6) is 0 Å². The summed E-state index contributed by atoms with van der Waals surface area (Å²) < 4.78 is 8.33. The topological polar surface area (TPSA) is 436 Å². The number of hydrogen-bond acceptors (Lipinski definition) is 20. The molecule has 0 aliphatic carbocycles. The number of aromatic nitrogens is 6. The second-order valence-electron chi connectivity index (χ2n) is 16.8. The first kappa shape index (κ1) is 63.1. The SMILES string of the molecule is CC(=O)Nc1nc(C)c(CCC(=O)N2CC(=O)Nc3ccccc32)c(=O)[nH]1.CC(=O)Nc1nc(C)c(CCC(=O)OC(C)=O)c(=O)[nH]1.CC(=O)OC(C)=O.Cc1nc(N)[nH]c(=O)c1CCC(=O)O.O=C1CNc2ccccc2N1. The number of aryl methyl sites for hydroxylation is 3. The van der Waals surface area contributed by atoms with E-state index in [2.05, 4.69) is 66.0 Å². The van der Waals surface area contributed by atoms with Crippen molar-refractivity contribution < 1.29 is 62.5 Å². The van der Waals surface area contributed by atoms with Crippen molar-refractivity contribution in [1.82, 2.24) is 29.9 Å². The number of H-pyrrole nitrogens is 3. The summed E-state index contributed by atoms with van der Waals surface area (Å²) in [5.41, 5.74) is 9.51. The van der Waals surface area contributed by atoms with Crippen LogP contribution in [0, 0.1) is 20.8 Å². The van der Waals surface area contributed by atoms with Crippen LogP contribution in [0.2, 0.25) is 0 Å². The minimum Gasteiger partial charge on any atom is -0.481 e. The lowest BCUT2D eigenvalue weighted by molar-refractivity contribution is -0.159. The highest BCUT2D eigenvalue weighted by molar-refractivity contribution is 6.10. The molecule has 0 unspecified atom stereocenters. The summed E-state index contributed by atoms with van der Waals surface area (Å²) in [6.07, 6.45) is 0.297. The molecular weight excluding hydrogens is 1040 g/mol. The van der Waals surface area contributed by atoms with E-state index >= 15 is 0 Å². The third-order valence-electron chi connectivity index (χ3n) is 10.3. The van der Waals surface area contributed by atoms with Gasteiger partial charge in [0.25, 0.3) is 16.7 Å². The zero-order valence-corrected chi connectivity index (χ0v) is 44.2. The second-order valence-corrected chi connectivity index (χ2v) is 16.8. The Morgan fingerprint density at radius 2 is 1.03 bits per heavy atom. The molecule has 11 N–H and O–H groups in total. The molecule has 2 aliphatic heterocycles. The van der Waals surface area contributed by atoms with E-state index in [0.717, 1.165) is 18.3 Å². The van der Waals surface area contributed by atoms with Crippen molar-refractivity contribution in [3.8, 4) is 0 Å². The number of anilines is 7. The number of nitrogen functional groups attached to an aromatic ring is 1. The maximum atomic E-state index is 12.7. The molecule has 5 amide bonds. The number of carboxylic acid groups (broad SMARTS) is 1. The minimum absolute atomic E-state index is 0.0173. The Balaban J connectivity index is 0.000000278. The van der Waals surface area contributed by atoms with Crippen LogP contribution in [0.3, 0.4) is 0 Å². The maximum absolute atomic E-state index is 12.7. The fourth-order valence-corrected chi connectivity index (χ4v) is 7.00. The molecule has 3 aromatic heterocycles. The van der Waals surface area contributed by atoms with Crippen LogP contribution in [0.25, 0.3) is 0 Å². The number of benzene rings is 2. The van der Waals surface area contributed by atoms with Gasteiger partial charge < -0.3 is 41.2 Å². The average molecular weight is 1100 g/mol. The second kappa shape index (κ2) is 30.4. The van der Waals surface area contributed by atoms with Crippen LogP contribution in [-0.4, -0.2) is 107 Å². The van der Waals surface area contributed by atoms with E-state index in [1.165, 1.54) is 32.6 Å². The molecule has 0 saturated heterocycles. The molecule has 0 fully saturated rings. The first-order valence-electron chi connectivity index (χ1n) is 23.7.